The number of ketones is 1. The summed E-state index contributed by atoms with van der Waals surface area (Å²) in [6, 6.07) is 15.5. The second kappa shape index (κ2) is 11.6. The number of hydrogen-bond donors (Lipinski definition) is 2. The molecule has 0 aliphatic rings. The molecule has 2 aromatic carbocycles. The van der Waals surface area contributed by atoms with Gasteiger partial charge in [-0.15, -0.1) is 10.2 Å². The molecule has 0 saturated carbocycles. The van der Waals surface area contributed by atoms with Crippen molar-refractivity contribution in [2.45, 2.75) is 57.1 Å². The summed E-state index contributed by atoms with van der Waals surface area (Å²) in [5.74, 6) is 0.200. The molecule has 178 valence electrons. The maximum Gasteiger partial charge on any atom is 0.251 e. The number of thioether (sulfide) groups is 1. The van der Waals surface area contributed by atoms with E-state index in [9.17, 15) is 14.4 Å². The Morgan fingerprint density at radius 3 is 2.35 bits per heavy atom. The Kier molecular flexibility index (Phi) is 8.59. The van der Waals surface area contributed by atoms with Crippen molar-refractivity contribution >= 4 is 35.0 Å². The van der Waals surface area contributed by atoms with E-state index < -0.39 is 5.25 Å². The van der Waals surface area contributed by atoms with E-state index in [1.165, 1.54) is 18.7 Å². The largest absolute Gasteiger partial charge is 0.342 e. The zero-order valence-corrected chi connectivity index (χ0v) is 20.6. The average Bonchev–Trinajstić information content (AvgIpc) is 3.25. The molecule has 1 aromatic heterocycles. The number of hydrogen-bond acceptors (Lipinski definition) is 6. The van der Waals surface area contributed by atoms with Gasteiger partial charge in [0.2, 0.25) is 5.91 Å². The zero-order valence-electron chi connectivity index (χ0n) is 19.7. The molecule has 34 heavy (non-hydrogen) atoms. The number of rotatable bonds is 10. The molecule has 8 nitrogen and oxygen atoms in total. The Bertz CT molecular complexity index is 1160. The molecule has 0 radical (unpaired) electrons. The molecule has 2 atom stereocenters. The number of carbonyl (C=O) groups is 3. The molecule has 0 aliphatic carbocycles. The van der Waals surface area contributed by atoms with E-state index in [1.54, 1.807) is 36.4 Å². The third-order valence-corrected chi connectivity index (χ3v) is 6.62. The minimum Gasteiger partial charge on any atom is -0.342 e. The standard InChI is InChI=1S/C25H29N5O3S/c1-5-21(24(33)27-20-14-10-13-19(15-20)17(4)31)34-25-29-28-22(30(25)6-2)16(3)26-23(32)18-11-8-7-9-12-18/h7-16,21H,5-6H2,1-4H3,(H,26,32)(H,27,33)/t16-,21+/m0/s1. The van der Waals surface area contributed by atoms with Crippen molar-refractivity contribution in [1.29, 1.82) is 0 Å². The van der Waals surface area contributed by atoms with Crippen LogP contribution < -0.4 is 10.6 Å². The molecular weight excluding hydrogens is 450 g/mol. The average molecular weight is 480 g/mol. The van der Waals surface area contributed by atoms with Gasteiger partial charge < -0.3 is 15.2 Å². The molecule has 0 bridgehead atoms. The SMILES string of the molecule is CC[C@@H](Sc1nnc([C@H](C)NC(=O)c2ccccc2)n1CC)C(=O)Nc1cccc(C(C)=O)c1. The molecule has 2 N–H and O–H groups in total. The first-order chi connectivity index (χ1) is 16.3. The number of benzene rings is 2. The number of Topliss-reactive ketones (excluding diaryl/α,β-unsaturated/α-hetero) is 1. The molecule has 0 saturated heterocycles. The van der Waals surface area contributed by atoms with Gasteiger partial charge in [-0.2, -0.15) is 0 Å². The Labute approximate surface area is 203 Å². The van der Waals surface area contributed by atoms with Gasteiger partial charge in [0.25, 0.3) is 5.91 Å². The van der Waals surface area contributed by atoms with Gasteiger partial charge in [0, 0.05) is 23.4 Å². The molecule has 0 spiro atoms. The van der Waals surface area contributed by atoms with E-state index in [1.807, 2.05) is 43.5 Å². The molecule has 3 rings (SSSR count). The normalized spacial score (nSPS) is 12.6. The minimum absolute atomic E-state index is 0.0606. The lowest BCUT2D eigenvalue weighted by Crippen LogP contribution is -2.29. The molecular formula is C25H29N5O3S. The minimum atomic E-state index is -0.405. The fourth-order valence-corrected chi connectivity index (χ4v) is 4.45. The summed E-state index contributed by atoms with van der Waals surface area (Å²) in [6.07, 6.45) is 0.578. The molecule has 0 fully saturated rings. The first kappa shape index (κ1) is 25.2. The van der Waals surface area contributed by atoms with Crippen molar-refractivity contribution in [2.75, 3.05) is 5.32 Å². The van der Waals surface area contributed by atoms with Crippen LogP contribution in [0.5, 0.6) is 0 Å². The predicted molar refractivity (Wildman–Crippen MR) is 133 cm³/mol. The van der Waals surface area contributed by atoms with Crippen LogP contribution in [0.4, 0.5) is 5.69 Å². The van der Waals surface area contributed by atoms with Crippen LogP contribution in [0.25, 0.3) is 0 Å². The first-order valence-electron chi connectivity index (χ1n) is 11.2. The second-order valence-corrected chi connectivity index (χ2v) is 8.96. The van der Waals surface area contributed by atoms with Gasteiger partial charge in [-0.1, -0.05) is 49.0 Å². The number of carbonyl (C=O) groups excluding carboxylic acids is 3. The van der Waals surface area contributed by atoms with E-state index in [0.717, 1.165) is 0 Å². The lowest BCUT2D eigenvalue weighted by atomic mass is 10.1. The Balaban J connectivity index is 1.71. The first-order valence-corrected chi connectivity index (χ1v) is 12.1. The Hall–Kier alpha value is -3.46. The van der Waals surface area contributed by atoms with Gasteiger partial charge in [-0.05, 0) is 51.5 Å². The third kappa shape index (κ3) is 6.11. The number of nitrogens with zero attached hydrogens (tertiary/aromatic N) is 3. The van der Waals surface area contributed by atoms with E-state index in [0.29, 0.717) is 40.8 Å². The topological polar surface area (TPSA) is 106 Å². The molecule has 2 amide bonds. The predicted octanol–water partition coefficient (Wildman–Crippen LogP) is 4.50. The van der Waals surface area contributed by atoms with Gasteiger partial charge >= 0.3 is 0 Å². The highest BCUT2D eigenvalue weighted by Crippen LogP contribution is 2.27. The van der Waals surface area contributed by atoms with Crippen LogP contribution in [0.15, 0.2) is 59.8 Å². The molecule has 0 unspecified atom stereocenters. The lowest BCUT2D eigenvalue weighted by Gasteiger charge is -2.17. The van der Waals surface area contributed by atoms with Gasteiger partial charge in [0.05, 0.1) is 11.3 Å². The van der Waals surface area contributed by atoms with Crippen molar-refractivity contribution in [3.05, 3.63) is 71.5 Å². The highest BCUT2D eigenvalue weighted by Gasteiger charge is 2.25. The summed E-state index contributed by atoms with van der Waals surface area (Å²) in [7, 11) is 0. The number of amides is 2. The number of nitrogens with one attached hydrogen (secondary N) is 2. The molecule has 9 heteroatoms. The number of anilines is 1. The van der Waals surface area contributed by atoms with Crippen molar-refractivity contribution in [2.24, 2.45) is 0 Å². The summed E-state index contributed by atoms with van der Waals surface area (Å²) < 4.78 is 1.91. The zero-order chi connectivity index (χ0) is 24.7. The van der Waals surface area contributed by atoms with E-state index in [-0.39, 0.29) is 23.6 Å². The summed E-state index contributed by atoms with van der Waals surface area (Å²) in [6.45, 7) is 7.84. The summed E-state index contributed by atoms with van der Waals surface area (Å²) in [5.41, 5.74) is 1.69. The van der Waals surface area contributed by atoms with Gasteiger partial charge in [-0.3, -0.25) is 14.4 Å². The Morgan fingerprint density at radius 2 is 1.71 bits per heavy atom. The molecule has 0 aliphatic heterocycles. The molecule has 1 heterocycles. The smallest absolute Gasteiger partial charge is 0.251 e. The monoisotopic (exact) mass is 479 g/mol. The van der Waals surface area contributed by atoms with Crippen molar-refractivity contribution in [3.63, 3.8) is 0 Å². The summed E-state index contributed by atoms with van der Waals surface area (Å²) >= 11 is 1.33. The van der Waals surface area contributed by atoms with Crippen LogP contribution in [-0.2, 0) is 11.3 Å². The van der Waals surface area contributed by atoms with Crippen LogP contribution in [0.3, 0.4) is 0 Å². The van der Waals surface area contributed by atoms with Crippen molar-refractivity contribution in [1.82, 2.24) is 20.1 Å². The van der Waals surface area contributed by atoms with E-state index in [4.69, 9.17) is 0 Å². The fourth-order valence-electron chi connectivity index (χ4n) is 3.43. The van der Waals surface area contributed by atoms with Gasteiger partial charge in [0.1, 0.15) is 0 Å². The second-order valence-electron chi connectivity index (χ2n) is 7.79. The quantitative estimate of drug-likeness (QED) is 0.328. The van der Waals surface area contributed by atoms with E-state index >= 15 is 0 Å². The maximum atomic E-state index is 12.9. The summed E-state index contributed by atoms with van der Waals surface area (Å²) in [4.78, 5) is 37.1. The Morgan fingerprint density at radius 1 is 1.00 bits per heavy atom. The van der Waals surface area contributed by atoms with Crippen LogP contribution in [-0.4, -0.2) is 37.6 Å². The van der Waals surface area contributed by atoms with Crippen molar-refractivity contribution < 1.29 is 14.4 Å². The highest BCUT2D eigenvalue weighted by atomic mass is 32.2. The fraction of sp³-hybridized carbons (Fsp3) is 0.320. The van der Waals surface area contributed by atoms with Gasteiger partial charge in [-0.25, -0.2) is 0 Å². The van der Waals surface area contributed by atoms with Crippen LogP contribution >= 0.6 is 11.8 Å². The third-order valence-electron chi connectivity index (χ3n) is 5.28. The lowest BCUT2D eigenvalue weighted by molar-refractivity contribution is -0.115. The number of aromatic nitrogens is 3. The maximum absolute atomic E-state index is 12.9. The van der Waals surface area contributed by atoms with Crippen LogP contribution in [0.2, 0.25) is 0 Å². The summed E-state index contributed by atoms with van der Waals surface area (Å²) in [5, 5.41) is 14.7. The highest BCUT2D eigenvalue weighted by molar-refractivity contribution is 8.00. The molecule has 3 aromatic rings. The van der Waals surface area contributed by atoms with Crippen molar-refractivity contribution in [3.8, 4) is 0 Å². The van der Waals surface area contributed by atoms with Crippen LogP contribution in [0, 0.1) is 0 Å². The van der Waals surface area contributed by atoms with E-state index in [2.05, 4.69) is 20.8 Å². The van der Waals surface area contributed by atoms with Gasteiger partial charge in [0.15, 0.2) is 16.8 Å². The van der Waals surface area contributed by atoms with Crippen LogP contribution in [0.1, 0.15) is 66.7 Å².